The molecule has 1 aromatic rings. The molecule has 0 aliphatic carbocycles. The van der Waals surface area contributed by atoms with Crippen molar-refractivity contribution in [3.8, 4) is 0 Å². The third-order valence-corrected chi connectivity index (χ3v) is 3.02. The first-order valence-electron chi connectivity index (χ1n) is 3.49. The van der Waals surface area contributed by atoms with E-state index in [-0.39, 0.29) is 5.78 Å². The number of hydrogen-bond donors (Lipinski definition) is 0. The van der Waals surface area contributed by atoms with Gasteiger partial charge in [0.25, 0.3) is 0 Å². The van der Waals surface area contributed by atoms with E-state index in [1.807, 2.05) is 19.1 Å². The summed E-state index contributed by atoms with van der Waals surface area (Å²) in [5.74, 6) is 0.0214. The summed E-state index contributed by atoms with van der Waals surface area (Å²) in [6, 6.07) is 3.81. The SMILES string of the molecule is CC(=O)c1c(I)ccc(C)c1Cl. The Labute approximate surface area is 90.3 Å². The molecule has 0 bridgehead atoms. The number of Topliss-reactive ketones (excluding diaryl/α,β-unsaturated/α-hetero) is 1. The average Bonchev–Trinajstić information content (AvgIpc) is 1.97. The quantitative estimate of drug-likeness (QED) is 0.573. The molecule has 1 rings (SSSR count). The highest BCUT2D eigenvalue weighted by Crippen LogP contribution is 2.25. The Balaban J connectivity index is 3.43. The molecule has 0 saturated heterocycles. The Morgan fingerprint density at radius 1 is 1.50 bits per heavy atom. The molecule has 0 N–H and O–H groups in total. The zero-order chi connectivity index (χ0) is 9.30. The standard InChI is InChI=1S/C9H8ClIO/c1-5-3-4-7(11)8(6(2)12)9(5)10/h3-4H,1-2H3. The van der Waals surface area contributed by atoms with Crippen LogP contribution in [-0.2, 0) is 0 Å². The summed E-state index contributed by atoms with van der Waals surface area (Å²) >= 11 is 8.08. The first-order valence-corrected chi connectivity index (χ1v) is 4.95. The van der Waals surface area contributed by atoms with E-state index < -0.39 is 0 Å². The molecule has 64 valence electrons. The number of aryl methyl sites for hydroxylation is 1. The second-order valence-corrected chi connectivity index (χ2v) is 4.15. The van der Waals surface area contributed by atoms with Gasteiger partial charge in [0.2, 0.25) is 0 Å². The third kappa shape index (κ3) is 1.80. The number of carbonyl (C=O) groups excluding carboxylic acids is 1. The number of hydrogen-bond acceptors (Lipinski definition) is 1. The Kier molecular flexibility index (Phi) is 3.12. The van der Waals surface area contributed by atoms with Crippen LogP contribution in [0, 0.1) is 10.5 Å². The van der Waals surface area contributed by atoms with Gasteiger partial charge in [-0.05, 0) is 48.1 Å². The van der Waals surface area contributed by atoms with E-state index in [0.29, 0.717) is 10.6 Å². The van der Waals surface area contributed by atoms with E-state index in [1.54, 1.807) is 0 Å². The van der Waals surface area contributed by atoms with Crippen molar-refractivity contribution in [3.05, 3.63) is 31.9 Å². The predicted octanol–water partition coefficient (Wildman–Crippen LogP) is 3.46. The molecule has 0 radical (unpaired) electrons. The molecule has 12 heavy (non-hydrogen) atoms. The number of halogens is 2. The summed E-state index contributed by atoms with van der Waals surface area (Å²) in [6.07, 6.45) is 0. The Morgan fingerprint density at radius 2 is 2.08 bits per heavy atom. The van der Waals surface area contributed by atoms with E-state index >= 15 is 0 Å². The number of rotatable bonds is 1. The van der Waals surface area contributed by atoms with Crippen LogP contribution in [0.4, 0.5) is 0 Å². The van der Waals surface area contributed by atoms with E-state index in [0.717, 1.165) is 9.13 Å². The monoisotopic (exact) mass is 294 g/mol. The van der Waals surface area contributed by atoms with E-state index in [4.69, 9.17) is 11.6 Å². The minimum Gasteiger partial charge on any atom is -0.294 e. The minimum absolute atomic E-state index is 0.0214. The second kappa shape index (κ2) is 3.75. The molecular formula is C9H8ClIO. The highest BCUT2D eigenvalue weighted by molar-refractivity contribution is 14.1. The lowest BCUT2D eigenvalue weighted by atomic mass is 10.1. The molecule has 1 nitrogen and oxygen atoms in total. The van der Waals surface area contributed by atoms with Crippen LogP contribution < -0.4 is 0 Å². The van der Waals surface area contributed by atoms with Crippen LogP contribution in [0.1, 0.15) is 22.8 Å². The lowest BCUT2D eigenvalue weighted by Gasteiger charge is -2.05. The van der Waals surface area contributed by atoms with Crippen molar-refractivity contribution in [2.24, 2.45) is 0 Å². The van der Waals surface area contributed by atoms with Gasteiger partial charge in [0.05, 0.1) is 5.02 Å². The summed E-state index contributed by atoms with van der Waals surface area (Å²) in [7, 11) is 0. The molecular weight excluding hydrogens is 286 g/mol. The fourth-order valence-electron chi connectivity index (χ4n) is 0.979. The van der Waals surface area contributed by atoms with Gasteiger partial charge < -0.3 is 0 Å². The Bertz CT molecular complexity index is 334. The molecule has 0 heterocycles. The Hall–Kier alpha value is -0.0900. The van der Waals surface area contributed by atoms with Gasteiger partial charge in [0, 0.05) is 9.13 Å². The molecule has 0 amide bonds. The lowest BCUT2D eigenvalue weighted by molar-refractivity contribution is 0.101. The van der Waals surface area contributed by atoms with Gasteiger partial charge >= 0.3 is 0 Å². The highest BCUT2D eigenvalue weighted by Gasteiger charge is 2.11. The van der Waals surface area contributed by atoms with Crippen molar-refractivity contribution < 1.29 is 4.79 Å². The smallest absolute Gasteiger partial charge is 0.162 e. The highest BCUT2D eigenvalue weighted by atomic mass is 127. The molecule has 1 aromatic carbocycles. The molecule has 0 aliphatic heterocycles. The first-order chi connectivity index (χ1) is 5.54. The van der Waals surface area contributed by atoms with Gasteiger partial charge in [0.1, 0.15) is 0 Å². The maximum atomic E-state index is 11.2. The van der Waals surface area contributed by atoms with Crippen molar-refractivity contribution in [1.29, 1.82) is 0 Å². The zero-order valence-electron chi connectivity index (χ0n) is 6.82. The molecule has 0 aromatic heterocycles. The van der Waals surface area contributed by atoms with Crippen LogP contribution in [0.2, 0.25) is 5.02 Å². The molecule has 0 fully saturated rings. The van der Waals surface area contributed by atoms with E-state index in [2.05, 4.69) is 22.6 Å². The van der Waals surface area contributed by atoms with E-state index in [9.17, 15) is 4.79 Å². The maximum Gasteiger partial charge on any atom is 0.162 e. The van der Waals surface area contributed by atoms with Crippen molar-refractivity contribution in [3.63, 3.8) is 0 Å². The van der Waals surface area contributed by atoms with E-state index in [1.165, 1.54) is 6.92 Å². The second-order valence-electron chi connectivity index (χ2n) is 2.61. The van der Waals surface area contributed by atoms with Gasteiger partial charge in [-0.1, -0.05) is 17.7 Å². The van der Waals surface area contributed by atoms with Gasteiger partial charge in [0.15, 0.2) is 5.78 Å². The van der Waals surface area contributed by atoms with Crippen molar-refractivity contribution in [2.75, 3.05) is 0 Å². The van der Waals surface area contributed by atoms with Crippen LogP contribution in [0.3, 0.4) is 0 Å². The van der Waals surface area contributed by atoms with Crippen LogP contribution in [0.5, 0.6) is 0 Å². The van der Waals surface area contributed by atoms with Crippen LogP contribution in [-0.4, -0.2) is 5.78 Å². The summed E-state index contributed by atoms with van der Waals surface area (Å²) < 4.78 is 0.913. The van der Waals surface area contributed by atoms with Crippen molar-refractivity contribution in [2.45, 2.75) is 13.8 Å². The maximum absolute atomic E-state index is 11.2. The number of ketones is 1. The topological polar surface area (TPSA) is 17.1 Å². The predicted molar refractivity (Wildman–Crippen MR) is 58.9 cm³/mol. The zero-order valence-corrected chi connectivity index (χ0v) is 9.73. The molecule has 3 heteroatoms. The average molecular weight is 295 g/mol. The number of carbonyl (C=O) groups is 1. The molecule has 0 aliphatic rings. The molecule has 0 spiro atoms. The summed E-state index contributed by atoms with van der Waals surface area (Å²) in [4.78, 5) is 11.2. The first kappa shape index (κ1) is 9.99. The van der Waals surface area contributed by atoms with Crippen molar-refractivity contribution in [1.82, 2.24) is 0 Å². The molecule has 0 atom stereocenters. The van der Waals surface area contributed by atoms with Crippen LogP contribution in [0.15, 0.2) is 12.1 Å². The Morgan fingerprint density at radius 3 is 2.50 bits per heavy atom. The fourth-order valence-corrected chi connectivity index (χ4v) is 2.27. The van der Waals surface area contributed by atoms with Gasteiger partial charge in [-0.25, -0.2) is 0 Å². The fraction of sp³-hybridized carbons (Fsp3) is 0.222. The largest absolute Gasteiger partial charge is 0.294 e. The van der Waals surface area contributed by atoms with Crippen LogP contribution >= 0.6 is 34.2 Å². The summed E-state index contributed by atoms with van der Waals surface area (Å²) in [6.45, 7) is 3.42. The lowest BCUT2D eigenvalue weighted by Crippen LogP contribution is -1.98. The minimum atomic E-state index is 0.0214. The van der Waals surface area contributed by atoms with Gasteiger partial charge in [-0.2, -0.15) is 0 Å². The number of benzene rings is 1. The third-order valence-electron chi connectivity index (χ3n) is 1.64. The summed E-state index contributed by atoms with van der Waals surface area (Å²) in [5, 5.41) is 0.578. The molecule has 0 saturated carbocycles. The summed E-state index contributed by atoms with van der Waals surface area (Å²) in [5.41, 5.74) is 1.58. The van der Waals surface area contributed by atoms with Crippen molar-refractivity contribution >= 4 is 40.0 Å². The normalized spacial score (nSPS) is 10.0. The van der Waals surface area contributed by atoms with Crippen LogP contribution in [0.25, 0.3) is 0 Å². The molecule has 0 unspecified atom stereocenters. The van der Waals surface area contributed by atoms with Gasteiger partial charge in [-0.3, -0.25) is 4.79 Å². The van der Waals surface area contributed by atoms with Gasteiger partial charge in [-0.15, -0.1) is 0 Å².